The highest BCUT2D eigenvalue weighted by Gasteiger charge is 2.19. The lowest BCUT2D eigenvalue weighted by atomic mass is 10.0. The maximum Gasteiger partial charge on any atom is 0.306 e. The zero-order chi connectivity index (χ0) is 56.4. The first-order valence-corrected chi connectivity index (χ1v) is 35.0. The summed E-state index contributed by atoms with van der Waals surface area (Å²) in [6.45, 7) is 6.69. The topological polar surface area (TPSA) is 78.9 Å². The van der Waals surface area contributed by atoms with E-state index in [2.05, 4.69) is 57.2 Å². The van der Waals surface area contributed by atoms with Crippen molar-refractivity contribution in [2.24, 2.45) is 0 Å². The van der Waals surface area contributed by atoms with E-state index in [9.17, 15) is 14.4 Å². The van der Waals surface area contributed by atoms with Gasteiger partial charge in [-0.2, -0.15) is 0 Å². The molecule has 0 aromatic rings. The second-order valence-corrected chi connectivity index (χ2v) is 23.8. The van der Waals surface area contributed by atoms with Gasteiger partial charge in [-0.25, -0.2) is 0 Å². The molecule has 0 spiro atoms. The quantitative estimate of drug-likeness (QED) is 0.0261. The molecule has 0 heterocycles. The first-order chi connectivity index (χ1) is 38.5. The van der Waals surface area contributed by atoms with Gasteiger partial charge in [0.05, 0.1) is 0 Å². The summed E-state index contributed by atoms with van der Waals surface area (Å²) < 4.78 is 17.0. The van der Waals surface area contributed by atoms with Crippen molar-refractivity contribution in [1.29, 1.82) is 0 Å². The number of carbonyl (C=O) groups is 3. The molecule has 458 valence electrons. The number of hydrogen-bond donors (Lipinski definition) is 0. The van der Waals surface area contributed by atoms with Crippen LogP contribution in [0, 0.1) is 0 Å². The summed E-state index contributed by atoms with van der Waals surface area (Å²) in [6, 6.07) is 0. The van der Waals surface area contributed by atoms with Gasteiger partial charge in [-0.1, -0.05) is 327 Å². The summed E-state index contributed by atoms with van der Waals surface area (Å²) in [7, 11) is 0. The van der Waals surface area contributed by atoms with E-state index in [4.69, 9.17) is 14.2 Å². The monoisotopic (exact) mass is 1100 g/mol. The summed E-state index contributed by atoms with van der Waals surface area (Å²) in [4.78, 5) is 38.4. The fraction of sp³-hybridized carbons (Fsp3) is 0.875. The molecular formula is C72H134O6. The maximum absolute atomic E-state index is 12.9. The average molecular weight is 1100 g/mol. The number of unbranched alkanes of at least 4 members (excludes halogenated alkanes) is 48. The van der Waals surface area contributed by atoms with Crippen LogP contribution in [0.4, 0.5) is 0 Å². The van der Waals surface area contributed by atoms with Crippen LogP contribution >= 0.6 is 0 Å². The molecule has 0 aliphatic heterocycles. The highest BCUT2D eigenvalue weighted by molar-refractivity contribution is 5.71. The molecule has 0 aromatic heterocycles. The van der Waals surface area contributed by atoms with E-state index in [1.807, 2.05) is 0 Å². The van der Waals surface area contributed by atoms with E-state index in [1.165, 1.54) is 276 Å². The van der Waals surface area contributed by atoms with Gasteiger partial charge < -0.3 is 14.2 Å². The predicted molar refractivity (Wildman–Crippen MR) is 339 cm³/mol. The van der Waals surface area contributed by atoms with Crippen LogP contribution in [0.15, 0.2) is 36.5 Å². The van der Waals surface area contributed by atoms with Gasteiger partial charge in [-0.3, -0.25) is 14.4 Å². The van der Waals surface area contributed by atoms with Crippen molar-refractivity contribution in [2.45, 2.75) is 393 Å². The van der Waals surface area contributed by atoms with Gasteiger partial charge in [-0.05, 0) is 77.0 Å². The Morgan fingerprint density at radius 3 is 0.718 bits per heavy atom. The minimum atomic E-state index is -0.773. The zero-order valence-electron chi connectivity index (χ0n) is 52.7. The van der Waals surface area contributed by atoms with Crippen molar-refractivity contribution in [3.8, 4) is 0 Å². The van der Waals surface area contributed by atoms with Gasteiger partial charge in [-0.15, -0.1) is 0 Å². The van der Waals surface area contributed by atoms with Gasteiger partial charge in [0, 0.05) is 19.3 Å². The minimum absolute atomic E-state index is 0.0694. The molecule has 0 N–H and O–H groups in total. The molecule has 6 heteroatoms. The minimum Gasteiger partial charge on any atom is -0.462 e. The molecule has 0 radical (unpaired) electrons. The molecule has 0 bridgehead atoms. The molecule has 0 saturated carbocycles. The van der Waals surface area contributed by atoms with E-state index in [0.29, 0.717) is 19.3 Å². The van der Waals surface area contributed by atoms with Gasteiger partial charge in [0.1, 0.15) is 13.2 Å². The van der Waals surface area contributed by atoms with Gasteiger partial charge in [0.15, 0.2) is 6.10 Å². The molecule has 6 nitrogen and oxygen atoms in total. The second kappa shape index (κ2) is 67.1. The molecule has 1 unspecified atom stereocenters. The molecule has 0 fully saturated rings. The number of ether oxygens (including phenoxy) is 3. The van der Waals surface area contributed by atoms with Crippen molar-refractivity contribution >= 4 is 17.9 Å². The van der Waals surface area contributed by atoms with E-state index < -0.39 is 6.10 Å². The fourth-order valence-electron chi connectivity index (χ4n) is 10.6. The van der Waals surface area contributed by atoms with E-state index in [1.54, 1.807) is 0 Å². The highest BCUT2D eigenvalue weighted by Crippen LogP contribution is 2.18. The predicted octanol–water partition coefficient (Wildman–Crippen LogP) is 23.9. The number of hydrogen-bond acceptors (Lipinski definition) is 6. The normalized spacial score (nSPS) is 12.2. The van der Waals surface area contributed by atoms with Gasteiger partial charge in [0.2, 0.25) is 0 Å². The lowest BCUT2D eigenvalue weighted by molar-refractivity contribution is -0.167. The third kappa shape index (κ3) is 64.5. The zero-order valence-corrected chi connectivity index (χ0v) is 52.7. The number of rotatable bonds is 65. The molecular weight excluding hydrogens is 961 g/mol. The maximum atomic E-state index is 12.9. The molecule has 0 rings (SSSR count). The second-order valence-electron chi connectivity index (χ2n) is 23.8. The summed E-state index contributed by atoms with van der Waals surface area (Å²) in [5.41, 5.74) is 0. The molecule has 0 aliphatic carbocycles. The molecule has 78 heavy (non-hydrogen) atoms. The molecule has 0 saturated heterocycles. The van der Waals surface area contributed by atoms with Crippen LogP contribution in [0.2, 0.25) is 0 Å². The molecule has 1 atom stereocenters. The molecule has 0 aromatic carbocycles. The summed E-state index contributed by atoms with van der Waals surface area (Å²) in [6.07, 6.45) is 83.1. The Balaban J connectivity index is 4.24. The molecule has 0 aliphatic rings. The van der Waals surface area contributed by atoms with Gasteiger partial charge >= 0.3 is 17.9 Å². The van der Waals surface area contributed by atoms with Crippen LogP contribution in [0.5, 0.6) is 0 Å². The SMILES string of the molecule is CCCCCCC/C=C\C/C=C\CCCCCCCCCCCCCCCCCC(=O)OCC(COC(=O)CCCCCCC/C=C\CCCCCCCC)OC(=O)CCCCCCCCCCCCCCCCCCCC. The Morgan fingerprint density at radius 2 is 0.462 bits per heavy atom. The van der Waals surface area contributed by atoms with Crippen LogP contribution in [0.3, 0.4) is 0 Å². The Labute approximate surface area is 486 Å². The average Bonchev–Trinajstić information content (AvgIpc) is 3.44. The Hall–Kier alpha value is -2.37. The van der Waals surface area contributed by atoms with Crippen molar-refractivity contribution in [3.63, 3.8) is 0 Å². The van der Waals surface area contributed by atoms with Crippen molar-refractivity contribution in [3.05, 3.63) is 36.5 Å². The number of carbonyl (C=O) groups excluding carboxylic acids is 3. The summed E-state index contributed by atoms with van der Waals surface area (Å²) in [5, 5.41) is 0. The van der Waals surface area contributed by atoms with Crippen LogP contribution in [0.25, 0.3) is 0 Å². The number of allylic oxidation sites excluding steroid dienone is 6. The lowest BCUT2D eigenvalue weighted by Crippen LogP contribution is -2.30. The fourth-order valence-corrected chi connectivity index (χ4v) is 10.6. The van der Waals surface area contributed by atoms with Crippen molar-refractivity contribution < 1.29 is 28.6 Å². The van der Waals surface area contributed by atoms with Crippen LogP contribution in [0.1, 0.15) is 387 Å². The van der Waals surface area contributed by atoms with E-state index >= 15 is 0 Å². The van der Waals surface area contributed by atoms with Crippen LogP contribution < -0.4 is 0 Å². The lowest BCUT2D eigenvalue weighted by Gasteiger charge is -2.18. The highest BCUT2D eigenvalue weighted by atomic mass is 16.6. The standard InChI is InChI=1S/C72H134O6/c1-4-7-10-13-16-19-22-25-28-30-32-33-34-35-36-37-38-39-40-42-44-47-50-53-56-59-62-65-71(74)77-68-69(67-76-70(73)64-61-58-55-52-49-46-43-27-24-21-18-15-12-9-6-3)78-72(75)66-63-60-57-54-51-48-45-41-31-29-26-23-20-17-14-11-8-5-2/h22,25,27,30,32,43,69H,4-21,23-24,26,28-29,31,33-42,44-68H2,1-3H3/b25-22-,32-30-,43-27-. The van der Waals surface area contributed by atoms with Gasteiger partial charge in [0.25, 0.3) is 0 Å². The largest absolute Gasteiger partial charge is 0.462 e. The van der Waals surface area contributed by atoms with E-state index in [-0.39, 0.29) is 31.1 Å². The number of esters is 3. The Kier molecular flexibility index (Phi) is 65.1. The Bertz CT molecular complexity index is 1300. The van der Waals surface area contributed by atoms with Crippen LogP contribution in [-0.2, 0) is 28.6 Å². The first-order valence-electron chi connectivity index (χ1n) is 35.0. The molecule has 0 amide bonds. The third-order valence-corrected chi connectivity index (χ3v) is 15.9. The first kappa shape index (κ1) is 75.6. The smallest absolute Gasteiger partial charge is 0.306 e. The summed E-state index contributed by atoms with van der Waals surface area (Å²) in [5.74, 6) is -0.849. The van der Waals surface area contributed by atoms with Crippen molar-refractivity contribution in [2.75, 3.05) is 13.2 Å². The summed E-state index contributed by atoms with van der Waals surface area (Å²) >= 11 is 0. The Morgan fingerprint density at radius 1 is 0.256 bits per heavy atom. The van der Waals surface area contributed by atoms with E-state index in [0.717, 1.165) is 70.6 Å². The third-order valence-electron chi connectivity index (χ3n) is 15.9. The van der Waals surface area contributed by atoms with Crippen LogP contribution in [-0.4, -0.2) is 37.2 Å². The van der Waals surface area contributed by atoms with Crippen molar-refractivity contribution in [1.82, 2.24) is 0 Å².